The average molecular weight is 237 g/mol. The van der Waals surface area contributed by atoms with Gasteiger partial charge < -0.3 is 0 Å². The van der Waals surface area contributed by atoms with Gasteiger partial charge in [0.15, 0.2) is 5.82 Å². The Kier molecular flexibility index (Phi) is 3.51. The first-order valence-electron chi connectivity index (χ1n) is 5.17. The molecule has 4 nitrogen and oxygen atoms in total. The fourth-order valence-corrected chi connectivity index (χ4v) is 1.76. The van der Waals surface area contributed by atoms with Crippen LogP contribution in [0.2, 0.25) is 0 Å². The minimum absolute atomic E-state index is 0.00464. The Morgan fingerprint density at radius 3 is 2.69 bits per heavy atom. The van der Waals surface area contributed by atoms with Gasteiger partial charge in [0.05, 0.1) is 12.4 Å². The molecule has 0 radical (unpaired) electrons. The quantitative estimate of drug-likeness (QED) is 0.764. The first-order chi connectivity index (χ1) is 7.75. The van der Waals surface area contributed by atoms with Crippen molar-refractivity contribution >= 4 is 11.6 Å². The average Bonchev–Trinajstić information content (AvgIpc) is 2.73. The van der Waals surface area contributed by atoms with E-state index in [0.717, 1.165) is 24.2 Å². The van der Waals surface area contributed by atoms with Crippen molar-refractivity contribution in [3.05, 3.63) is 41.7 Å². The SMILES string of the molecule is Cn1nnc(CCC(Cl)c2ccccc2)n1. The Balaban J connectivity index is 1.91. The number of nitrogens with zero attached hydrogens (tertiary/aromatic N) is 4. The van der Waals surface area contributed by atoms with Gasteiger partial charge >= 0.3 is 0 Å². The van der Waals surface area contributed by atoms with Crippen LogP contribution in [0.25, 0.3) is 0 Å². The summed E-state index contributed by atoms with van der Waals surface area (Å²) in [4.78, 5) is 1.46. The smallest absolute Gasteiger partial charge is 0.167 e. The molecule has 16 heavy (non-hydrogen) atoms. The second kappa shape index (κ2) is 5.07. The highest BCUT2D eigenvalue weighted by Crippen LogP contribution is 2.24. The third kappa shape index (κ3) is 2.79. The summed E-state index contributed by atoms with van der Waals surface area (Å²) < 4.78 is 0. The van der Waals surface area contributed by atoms with Gasteiger partial charge in [-0.2, -0.15) is 4.80 Å². The van der Waals surface area contributed by atoms with E-state index >= 15 is 0 Å². The van der Waals surface area contributed by atoms with Crippen molar-refractivity contribution in [3.8, 4) is 0 Å². The highest BCUT2D eigenvalue weighted by atomic mass is 35.5. The fourth-order valence-electron chi connectivity index (χ4n) is 1.51. The highest BCUT2D eigenvalue weighted by Gasteiger charge is 2.09. The lowest BCUT2D eigenvalue weighted by Gasteiger charge is -2.07. The predicted molar refractivity (Wildman–Crippen MR) is 62.2 cm³/mol. The number of benzene rings is 1. The van der Waals surface area contributed by atoms with E-state index in [9.17, 15) is 0 Å². The van der Waals surface area contributed by atoms with Crippen LogP contribution in [0.1, 0.15) is 23.2 Å². The maximum Gasteiger partial charge on any atom is 0.174 e. The molecule has 1 unspecified atom stereocenters. The van der Waals surface area contributed by atoms with Crippen LogP contribution < -0.4 is 0 Å². The number of alkyl halides is 1. The second-order valence-electron chi connectivity index (χ2n) is 3.61. The second-order valence-corrected chi connectivity index (χ2v) is 4.14. The minimum Gasteiger partial charge on any atom is -0.167 e. The van der Waals surface area contributed by atoms with Gasteiger partial charge in [0, 0.05) is 6.42 Å². The van der Waals surface area contributed by atoms with E-state index in [1.165, 1.54) is 4.80 Å². The normalized spacial score (nSPS) is 12.6. The van der Waals surface area contributed by atoms with E-state index < -0.39 is 0 Å². The molecule has 0 saturated heterocycles. The van der Waals surface area contributed by atoms with Gasteiger partial charge in [-0.1, -0.05) is 30.3 Å². The molecule has 2 rings (SSSR count). The van der Waals surface area contributed by atoms with Crippen molar-refractivity contribution in [1.82, 2.24) is 20.2 Å². The molecule has 1 atom stereocenters. The predicted octanol–water partition coefficient (Wildman–Crippen LogP) is 2.12. The molecule has 5 heteroatoms. The summed E-state index contributed by atoms with van der Waals surface area (Å²) in [6.07, 6.45) is 1.56. The van der Waals surface area contributed by atoms with Gasteiger partial charge in [-0.3, -0.25) is 0 Å². The zero-order valence-electron chi connectivity index (χ0n) is 9.05. The summed E-state index contributed by atoms with van der Waals surface area (Å²) in [7, 11) is 1.76. The molecule has 1 heterocycles. The molecule has 0 bridgehead atoms. The molecule has 0 saturated carbocycles. The van der Waals surface area contributed by atoms with Gasteiger partial charge in [0.25, 0.3) is 0 Å². The van der Waals surface area contributed by atoms with E-state index in [0.29, 0.717) is 0 Å². The van der Waals surface area contributed by atoms with Gasteiger partial charge in [0.2, 0.25) is 0 Å². The molecule has 84 valence electrons. The standard InChI is InChI=1S/C11H13ClN4/c1-16-14-11(13-15-16)8-7-10(12)9-5-3-2-4-6-9/h2-6,10H,7-8H2,1H3. The monoisotopic (exact) mass is 236 g/mol. The molecule has 0 fully saturated rings. The Labute approximate surface area is 99.2 Å². The molecular formula is C11H13ClN4. The molecule has 1 aromatic carbocycles. The third-order valence-electron chi connectivity index (χ3n) is 2.33. The van der Waals surface area contributed by atoms with Crippen LogP contribution in [0.15, 0.2) is 30.3 Å². The summed E-state index contributed by atoms with van der Waals surface area (Å²) in [5, 5.41) is 11.8. The Bertz CT molecular complexity index is 440. The van der Waals surface area contributed by atoms with Crippen LogP contribution in [0.3, 0.4) is 0 Å². The number of tetrazole rings is 1. The summed E-state index contributed by atoms with van der Waals surface area (Å²) >= 11 is 6.28. The van der Waals surface area contributed by atoms with Crippen LogP contribution in [0, 0.1) is 0 Å². The van der Waals surface area contributed by atoms with Gasteiger partial charge in [-0.25, -0.2) is 0 Å². The van der Waals surface area contributed by atoms with Gasteiger partial charge in [-0.05, 0) is 17.2 Å². The van der Waals surface area contributed by atoms with Gasteiger partial charge in [-0.15, -0.1) is 21.8 Å². The van der Waals surface area contributed by atoms with E-state index in [-0.39, 0.29) is 5.38 Å². The fraction of sp³-hybridized carbons (Fsp3) is 0.364. The van der Waals surface area contributed by atoms with Crippen molar-refractivity contribution in [2.24, 2.45) is 7.05 Å². The summed E-state index contributed by atoms with van der Waals surface area (Å²) in [5.74, 6) is 0.740. The largest absolute Gasteiger partial charge is 0.174 e. The number of aromatic nitrogens is 4. The number of rotatable bonds is 4. The highest BCUT2D eigenvalue weighted by molar-refractivity contribution is 6.20. The van der Waals surface area contributed by atoms with E-state index in [4.69, 9.17) is 11.6 Å². The molecule has 0 aliphatic heterocycles. The van der Waals surface area contributed by atoms with Crippen molar-refractivity contribution in [2.45, 2.75) is 18.2 Å². The molecule has 0 N–H and O–H groups in total. The molecule has 0 aliphatic rings. The molecule has 2 aromatic rings. The first kappa shape index (κ1) is 11.1. The zero-order valence-corrected chi connectivity index (χ0v) is 9.80. The number of hydrogen-bond donors (Lipinski definition) is 0. The van der Waals surface area contributed by atoms with Crippen LogP contribution in [0.5, 0.6) is 0 Å². The Morgan fingerprint density at radius 1 is 1.31 bits per heavy atom. The number of aryl methyl sites for hydroxylation is 2. The van der Waals surface area contributed by atoms with E-state index in [1.54, 1.807) is 7.05 Å². The Morgan fingerprint density at radius 2 is 2.06 bits per heavy atom. The first-order valence-corrected chi connectivity index (χ1v) is 5.61. The van der Waals surface area contributed by atoms with Crippen molar-refractivity contribution in [1.29, 1.82) is 0 Å². The molecule has 0 spiro atoms. The van der Waals surface area contributed by atoms with Crippen LogP contribution in [-0.2, 0) is 13.5 Å². The van der Waals surface area contributed by atoms with Crippen molar-refractivity contribution in [3.63, 3.8) is 0 Å². The summed E-state index contributed by atoms with van der Waals surface area (Å²) in [6.45, 7) is 0. The molecule has 0 aliphatic carbocycles. The van der Waals surface area contributed by atoms with Crippen molar-refractivity contribution in [2.75, 3.05) is 0 Å². The van der Waals surface area contributed by atoms with Crippen molar-refractivity contribution < 1.29 is 0 Å². The lowest BCUT2D eigenvalue weighted by Crippen LogP contribution is -1.97. The molecule has 1 aromatic heterocycles. The zero-order chi connectivity index (χ0) is 11.4. The summed E-state index contributed by atoms with van der Waals surface area (Å²) in [5.41, 5.74) is 1.13. The maximum absolute atomic E-state index is 6.28. The Hall–Kier alpha value is -1.42. The van der Waals surface area contributed by atoms with Gasteiger partial charge in [0.1, 0.15) is 0 Å². The third-order valence-corrected chi connectivity index (χ3v) is 2.80. The summed E-state index contributed by atoms with van der Waals surface area (Å²) in [6, 6.07) is 10.0. The van der Waals surface area contributed by atoms with E-state index in [2.05, 4.69) is 15.4 Å². The minimum atomic E-state index is 0.00464. The molecule has 0 amide bonds. The topological polar surface area (TPSA) is 43.6 Å². The van der Waals surface area contributed by atoms with Crippen LogP contribution >= 0.6 is 11.6 Å². The molecular weight excluding hydrogens is 224 g/mol. The number of hydrogen-bond acceptors (Lipinski definition) is 3. The van der Waals surface area contributed by atoms with Crippen LogP contribution in [0.4, 0.5) is 0 Å². The van der Waals surface area contributed by atoms with E-state index in [1.807, 2.05) is 30.3 Å². The maximum atomic E-state index is 6.28. The van der Waals surface area contributed by atoms with Crippen LogP contribution in [-0.4, -0.2) is 20.2 Å². The lowest BCUT2D eigenvalue weighted by atomic mass is 10.1. The number of halogens is 1. The lowest BCUT2D eigenvalue weighted by molar-refractivity contribution is 0.626.